The molecule has 1 saturated carbocycles. The van der Waals surface area contributed by atoms with Crippen molar-refractivity contribution in [3.8, 4) is 5.75 Å². The second kappa shape index (κ2) is 7.54. The summed E-state index contributed by atoms with van der Waals surface area (Å²) in [6.07, 6.45) is 7.96. The molecule has 2 nitrogen and oxygen atoms in total. The van der Waals surface area contributed by atoms with Crippen molar-refractivity contribution >= 4 is 0 Å². The van der Waals surface area contributed by atoms with Crippen LogP contribution in [0, 0.1) is 0 Å². The molecule has 0 radical (unpaired) electrons. The Labute approximate surface area is 117 Å². The number of para-hydroxylation sites is 1. The smallest absolute Gasteiger partial charge is 0.124 e. The topological polar surface area (TPSA) is 21.3 Å². The summed E-state index contributed by atoms with van der Waals surface area (Å²) < 4.78 is 6.19. The molecule has 0 unspecified atom stereocenters. The van der Waals surface area contributed by atoms with Crippen LogP contribution in [0.25, 0.3) is 0 Å². The fraction of sp³-hybridized carbons (Fsp3) is 0.647. The van der Waals surface area contributed by atoms with Crippen LogP contribution in [0.4, 0.5) is 0 Å². The maximum atomic E-state index is 6.19. The molecule has 0 amide bonds. The Morgan fingerprint density at radius 2 is 2.00 bits per heavy atom. The normalized spacial score (nSPS) is 17.6. The Balaban J connectivity index is 1.98. The van der Waals surface area contributed by atoms with Crippen molar-refractivity contribution < 1.29 is 4.74 Å². The van der Waals surface area contributed by atoms with E-state index in [0.717, 1.165) is 12.3 Å². The van der Waals surface area contributed by atoms with Crippen molar-refractivity contribution in [1.82, 2.24) is 5.32 Å². The Hall–Kier alpha value is -1.02. The van der Waals surface area contributed by atoms with E-state index in [1.54, 1.807) is 0 Å². The number of rotatable bonds is 7. The third-order valence-corrected chi connectivity index (χ3v) is 3.96. The number of hydrogen-bond donors (Lipinski definition) is 1. The van der Waals surface area contributed by atoms with Crippen LogP contribution < -0.4 is 10.1 Å². The lowest BCUT2D eigenvalue weighted by molar-refractivity contribution is 0.206. The second-order valence-corrected chi connectivity index (χ2v) is 5.59. The van der Waals surface area contributed by atoms with E-state index in [1.807, 2.05) is 0 Å². The predicted octanol–water partition coefficient (Wildman–Crippen LogP) is 4.46. The van der Waals surface area contributed by atoms with Crippen LogP contribution in [-0.2, 0) is 0 Å². The zero-order valence-corrected chi connectivity index (χ0v) is 12.3. The van der Waals surface area contributed by atoms with Gasteiger partial charge in [-0.1, -0.05) is 31.5 Å². The Bertz CT molecular complexity index is 371. The SMILES string of the molecule is CCCCN[C@H](C)c1ccccc1OC1CCCC1. The number of nitrogens with one attached hydrogen (secondary N) is 1. The summed E-state index contributed by atoms with van der Waals surface area (Å²) in [5, 5.41) is 3.59. The van der Waals surface area contributed by atoms with Gasteiger partial charge in [-0.15, -0.1) is 0 Å². The third kappa shape index (κ3) is 4.24. The fourth-order valence-electron chi connectivity index (χ4n) is 2.74. The number of unbranched alkanes of at least 4 members (excludes halogenated alkanes) is 1. The molecule has 1 aromatic rings. The van der Waals surface area contributed by atoms with E-state index < -0.39 is 0 Å². The third-order valence-electron chi connectivity index (χ3n) is 3.96. The van der Waals surface area contributed by atoms with Gasteiger partial charge in [-0.25, -0.2) is 0 Å². The van der Waals surface area contributed by atoms with Gasteiger partial charge >= 0.3 is 0 Å². The standard InChI is InChI=1S/C17H27NO/c1-3-4-13-18-14(2)16-11-7-8-12-17(16)19-15-9-5-6-10-15/h7-8,11-12,14-15,18H,3-6,9-10,13H2,1-2H3/t14-/m1/s1. The highest BCUT2D eigenvalue weighted by atomic mass is 16.5. The average molecular weight is 261 g/mol. The molecule has 0 aromatic heterocycles. The van der Waals surface area contributed by atoms with Crippen LogP contribution in [0.2, 0.25) is 0 Å². The van der Waals surface area contributed by atoms with Gasteiger partial charge in [0, 0.05) is 11.6 Å². The Morgan fingerprint density at radius 3 is 2.74 bits per heavy atom. The predicted molar refractivity (Wildman–Crippen MR) is 80.7 cm³/mol. The second-order valence-electron chi connectivity index (χ2n) is 5.59. The first kappa shape index (κ1) is 14.4. The van der Waals surface area contributed by atoms with Gasteiger partial charge in [0.15, 0.2) is 0 Å². The summed E-state index contributed by atoms with van der Waals surface area (Å²) in [6.45, 7) is 5.53. The molecule has 106 valence electrons. The summed E-state index contributed by atoms with van der Waals surface area (Å²) in [7, 11) is 0. The van der Waals surface area contributed by atoms with E-state index in [0.29, 0.717) is 12.1 Å². The molecule has 19 heavy (non-hydrogen) atoms. The summed E-state index contributed by atoms with van der Waals surface area (Å²) in [6, 6.07) is 8.85. The van der Waals surface area contributed by atoms with Gasteiger partial charge in [0.1, 0.15) is 5.75 Å². The summed E-state index contributed by atoms with van der Waals surface area (Å²) in [5.74, 6) is 1.07. The van der Waals surface area contributed by atoms with Gasteiger partial charge in [-0.05, 0) is 51.6 Å². The van der Waals surface area contributed by atoms with Crippen molar-refractivity contribution in [3.05, 3.63) is 29.8 Å². The van der Waals surface area contributed by atoms with Crippen molar-refractivity contribution in [1.29, 1.82) is 0 Å². The molecule has 1 aromatic carbocycles. The minimum Gasteiger partial charge on any atom is -0.490 e. The highest BCUT2D eigenvalue weighted by Gasteiger charge is 2.19. The van der Waals surface area contributed by atoms with Gasteiger partial charge in [0.05, 0.1) is 6.10 Å². The van der Waals surface area contributed by atoms with E-state index in [2.05, 4.69) is 43.4 Å². The summed E-state index contributed by atoms with van der Waals surface area (Å²) >= 11 is 0. The fourth-order valence-corrected chi connectivity index (χ4v) is 2.74. The van der Waals surface area contributed by atoms with E-state index >= 15 is 0 Å². The van der Waals surface area contributed by atoms with E-state index in [1.165, 1.54) is 44.1 Å². The zero-order valence-electron chi connectivity index (χ0n) is 12.3. The molecule has 1 aliphatic rings. The minimum absolute atomic E-state index is 0.365. The van der Waals surface area contributed by atoms with Crippen LogP contribution in [0.3, 0.4) is 0 Å². The van der Waals surface area contributed by atoms with E-state index in [9.17, 15) is 0 Å². The van der Waals surface area contributed by atoms with Crippen molar-refractivity contribution in [2.24, 2.45) is 0 Å². The highest BCUT2D eigenvalue weighted by molar-refractivity contribution is 5.35. The molecule has 1 atom stereocenters. The number of hydrogen-bond acceptors (Lipinski definition) is 2. The van der Waals surface area contributed by atoms with Gasteiger partial charge in [0.2, 0.25) is 0 Å². The van der Waals surface area contributed by atoms with E-state index in [-0.39, 0.29) is 0 Å². The van der Waals surface area contributed by atoms with Crippen LogP contribution in [0.5, 0.6) is 5.75 Å². The maximum absolute atomic E-state index is 6.19. The van der Waals surface area contributed by atoms with Gasteiger partial charge in [-0.3, -0.25) is 0 Å². The van der Waals surface area contributed by atoms with Crippen molar-refractivity contribution in [3.63, 3.8) is 0 Å². The lowest BCUT2D eigenvalue weighted by Gasteiger charge is -2.21. The first-order valence-electron chi connectivity index (χ1n) is 7.80. The first-order valence-corrected chi connectivity index (χ1v) is 7.80. The molecule has 2 heteroatoms. The minimum atomic E-state index is 0.365. The van der Waals surface area contributed by atoms with Crippen LogP contribution in [0.1, 0.15) is 64.0 Å². The molecular weight excluding hydrogens is 234 g/mol. The molecule has 0 bridgehead atoms. The molecule has 2 rings (SSSR count). The highest BCUT2D eigenvalue weighted by Crippen LogP contribution is 2.29. The van der Waals surface area contributed by atoms with Gasteiger partial charge < -0.3 is 10.1 Å². The molecule has 1 N–H and O–H groups in total. The summed E-state index contributed by atoms with van der Waals surface area (Å²) in [4.78, 5) is 0. The van der Waals surface area contributed by atoms with Gasteiger partial charge in [-0.2, -0.15) is 0 Å². The maximum Gasteiger partial charge on any atom is 0.124 e. The van der Waals surface area contributed by atoms with Crippen molar-refractivity contribution in [2.45, 2.75) is 64.5 Å². The van der Waals surface area contributed by atoms with Crippen LogP contribution >= 0.6 is 0 Å². The molecule has 0 heterocycles. The molecule has 0 saturated heterocycles. The molecular formula is C17H27NO. The monoisotopic (exact) mass is 261 g/mol. The Kier molecular flexibility index (Phi) is 5.71. The first-order chi connectivity index (χ1) is 9.31. The molecule has 1 aliphatic carbocycles. The van der Waals surface area contributed by atoms with Crippen LogP contribution in [-0.4, -0.2) is 12.6 Å². The summed E-state index contributed by atoms with van der Waals surface area (Å²) in [5.41, 5.74) is 1.30. The quantitative estimate of drug-likeness (QED) is 0.732. The van der Waals surface area contributed by atoms with Crippen LogP contribution in [0.15, 0.2) is 24.3 Å². The number of ether oxygens (including phenoxy) is 1. The Morgan fingerprint density at radius 1 is 1.26 bits per heavy atom. The molecule has 0 aliphatic heterocycles. The largest absolute Gasteiger partial charge is 0.490 e. The zero-order chi connectivity index (χ0) is 13.5. The van der Waals surface area contributed by atoms with Gasteiger partial charge in [0.25, 0.3) is 0 Å². The lowest BCUT2D eigenvalue weighted by atomic mass is 10.1. The van der Waals surface area contributed by atoms with Crippen molar-refractivity contribution in [2.75, 3.05) is 6.54 Å². The molecule has 1 fully saturated rings. The number of benzene rings is 1. The van der Waals surface area contributed by atoms with E-state index in [4.69, 9.17) is 4.74 Å². The lowest BCUT2D eigenvalue weighted by Crippen LogP contribution is -2.21. The average Bonchev–Trinajstić information content (AvgIpc) is 2.92. The molecule has 0 spiro atoms.